The van der Waals surface area contributed by atoms with Gasteiger partial charge in [0, 0.05) is 6.07 Å². The Kier molecular flexibility index (Phi) is 4.91. The normalized spacial score (nSPS) is 12.3. The molecule has 2 aromatic carbocycles. The van der Waals surface area contributed by atoms with E-state index in [1.165, 1.54) is 11.1 Å². The highest BCUT2D eigenvalue weighted by Crippen LogP contribution is 2.38. The lowest BCUT2D eigenvalue weighted by Crippen LogP contribution is -1.94. The second kappa shape index (κ2) is 7.27. The van der Waals surface area contributed by atoms with Crippen molar-refractivity contribution in [3.63, 3.8) is 0 Å². The standard InChI is InChI=1S/C19H22O4/c1-20-16-9-7-14(8-10-16)5-3-4-6-15-11-18-19(23-13-22-18)12-17(15)21-2/h7-12H,3-6,13H2,1-2H3. The molecule has 1 aliphatic rings. The van der Waals surface area contributed by atoms with E-state index in [1.807, 2.05) is 24.3 Å². The van der Waals surface area contributed by atoms with Gasteiger partial charge >= 0.3 is 0 Å². The molecule has 23 heavy (non-hydrogen) atoms. The van der Waals surface area contributed by atoms with Gasteiger partial charge in [0.15, 0.2) is 11.5 Å². The van der Waals surface area contributed by atoms with Gasteiger partial charge in [-0.2, -0.15) is 0 Å². The highest BCUT2D eigenvalue weighted by molar-refractivity contribution is 5.51. The van der Waals surface area contributed by atoms with Crippen LogP contribution in [0.25, 0.3) is 0 Å². The average Bonchev–Trinajstić information content (AvgIpc) is 3.05. The first kappa shape index (κ1) is 15.5. The Bertz CT molecular complexity index is 649. The zero-order valence-corrected chi connectivity index (χ0v) is 13.6. The SMILES string of the molecule is COc1ccc(CCCCc2cc3c(cc2OC)OCO3)cc1. The molecule has 4 heteroatoms. The first-order chi connectivity index (χ1) is 11.3. The van der Waals surface area contributed by atoms with Crippen LogP contribution in [0.5, 0.6) is 23.0 Å². The lowest BCUT2D eigenvalue weighted by Gasteiger charge is -2.10. The van der Waals surface area contributed by atoms with E-state index in [9.17, 15) is 0 Å². The highest BCUT2D eigenvalue weighted by atomic mass is 16.7. The number of fused-ring (bicyclic) bond motifs is 1. The van der Waals surface area contributed by atoms with Crippen molar-refractivity contribution in [2.45, 2.75) is 25.7 Å². The number of ether oxygens (including phenoxy) is 4. The van der Waals surface area contributed by atoms with Gasteiger partial charge in [-0.05, 0) is 55.0 Å². The summed E-state index contributed by atoms with van der Waals surface area (Å²) in [6, 6.07) is 12.2. The monoisotopic (exact) mass is 314 g/mol. The van der Waals surface area contributed by atoms with E-state index in [0.717, 1.165) is 48.7 Å². The number of methoxy groups -OCH3 is 2. The lowest BCUT2D eigenvalue weighted by molar-refractivity contribution is 0.174. The van der Waals surface area contributed by atoms with Crippen LogP contribution in [-0.4, -0.2) is 21.0 Å². The molecule has 1 heterocycles. The fraction of sp³-hybridized carbons (Fsp3) is 0.368. The quantitative estimate of drug-likeness (QED) is 0.724. The Morgan fingerprint density at radius 2 is 1.57 bits per heavy atom. The Balaban J connectivity index is 1.54. The summed E-state index contributed by atoms with van der Waals surface area (Å²) in [4.78, 5) is 0. The summed E-state index contributed by atoms with van der Waals surface area (Å²) in [5.41, 5.74) is 2.51. The van der Waals surface area contributed by atoms with Crippen molar-refractivity contribution in [1.82, 2.24) is 0 Å². The van der Waals surface area contributed by atoms with Crippen molar-refractivity contribution in [2.75, 3.05) is 21.0 Å². The van der Waals surface area contributed by atoms with Crippen molar-refractivity contribution >= 4 is 0 Å². The van der Waals surface area contributed by atoms with Crippen molar-refractivity contribution < 1.29 is 18.9 Å². The van der Waals surface area contributed by atoms with Crippen LogP contribution < -0.4 is 18.9 Å². The van der Waals surface area contributed by atoms with Gasteiger partial charge < -0.3 is 18.9 Å². The Morgan fingerprint density at radius 3 is 2.26 bits per heavy atom. The van der Waals surface area contributed by atoms with Gasteiger partial charge in [-0.3, -0.25) is 0 Å². The molecule has 0 saturated carbocycles. The van der Waals surface area contributed by atoms with Crippen molar-refractivity contribution in [3.8, 4) is 23.0 Å². The Labute approximate surface area is 136 Å². The highest BCUT2D eigenvalue weighted by Gasteiger charge is 2.17. The van der Waals surface area contributed by atoms with Gasteiger partial charge in [0.25, 0.3) is 0 Å². The largest absolute Gasteiger partial charge is 0.497 e. The van der Waals surface area contributed by atoms with Crippen LogP contribution in [-0.2, 0) is 12.8 Å². The molecule has 0 fully saturated rings. The van der Waals surface area contributed by atoms with E-state index in [-0.39, 0.29) is 0 Å². The summed E-state index contributed by atoms with van der Waals surface area (Å²) >= 11 is 0. The zero-order chi connectivity index (χ0) is 16.1. The number of benzene rings is 2. The van der Waals surface area contributed by atoms with Crippen LogP contribution in [0.1, 0.15) is 24.0 Å². The van der Waals surface area contributed by atoms with Crippen LogP contribution in [0.4, 0.5) is 0 Å². The fourth-order valence-corrected chi connectivity index (χ4v) is 2.79. The van der Waals surface area contributed by atoms with Gasteiger partial charge in [-0.25, -0.2) is 0 Å². The molecule has 0 spiro atoms. The average molecular weight is 314 g/mol. The zero-order valence-electron chi connectivity index (χ0n) is 13.6. The minimum atomic E-state index is 0.291. The molecule has 0 amide bonds. The summed E-state index contributed by atoms with van der Waals surface area (Å²) in [6.07, 6.45) is 4.26. The topological polar surface area (TPSA) is 36.9 Å². The second-order valence-electron chi connectivity index (χ2n) is 5.57. The van der Waals surface area contributed by atoms with Gasteiger partial charge in [-0.1, -0.05) is 12.1 Å². The van der Waals surface area contributed by atoms with E-state index in [2.05, 4.69) is 12.1 Å². The molecule has 0 aromatic heterocycles. The van der Waals surface area contributed by atoms with Crippen LogP contribution in [0.15, 0.2) is 36.4 Å². The first-order valence-corrected chi connectivity index (χ1v) is 7.89. The number of hydrogen-bond donors (Lipinski definition) is 0. The van der Waals surface area contributed by atoms with Crippen LogP contribution in [0, 0.1) is 0 Å². The molecule has 0 aliphatic carbocycles. The summed E-state index contributed by atoms with van der Waals surface area (Å²) in [7, 11) is 3.38. The van der Waals surface area contributed by atoms with E-state index < -0.39 is 0 Å². The smallest absolute Gasteiger partial charge is 0.231 e. The maximum Gasteiger partial charge on any atom is 0.231 e. The minimum Gasteiger partial charge on any atom is -0.497 e. The summed E-state index contributed by atoms with van der Waals surface area (Å²) in [5, 5.41) is 0. The Hall–Kier alpha value is -2.36. The van der Waals surface area contributed by atoms with Gasteiger partial charge in [0.05, 0.1) is 14.2 Å². The third-order valence-corrected chi connectivity index (χ3v) is 4.10. The van der Waals surface area contributed by atoms with E-state index in [4.69, 9.17) is 18.9 Å². The third-order valence-electron chi connectivity index (χ3n) is 4.10. The fourth-order valence-electron chi connectivity index (χ4n) is 2.79. The maximum absolute atomic E-state index is 5.46. The molecule has 0 bridgehead atoms. The molecule has 2 aromatic rings. The van der Waals surface area contributed by atoms with E-state index in [0.29, 0.717) is 6.79 Å². The molecular formula is C19H22O4. The van der Waals surface area contributed by atoms with E-state index in [1.54, 1.807) is 14.2 Å². The van der Waals surface area contributed by atoms with Gasteiger partial charge in [-0.15, -0.1) is 0 Å². The molecule has 0 saturated heterocycles. The number of hydrogen-bond acceptors (Lipinski definition) is 4. The molecule has 0 unspecified atom stereocenters. The summed E-state index contributed by atoms with van der Waals surface area (Å²) in [6.45, 7) is 0.291. The molecule has 0 atom stereocenters. The molecule has 3 rings (SSSR count). The van der Waals surface area contributed by atoms with Crippen molar-refractivity contribution in [2.24, 2.45) is 0 Å². The van der Waals surface area contributed by atoms with Crippen LogP contribution >= 0.6 is 0 Å². The van der Waals surface area contributed by atoms with Gasteiger partial charge in [0.2, 0.25) is 6.79 Å². The number of rotatable bonds is 7. The predicted octanol–water partition coefficient (Wildman–Crippen LogP) is 4.00. The van der Waals surface area contributed by atoms with Gasteiger partial charge in [0.1, 0.15) is 11.5 Å². The molecule has 0 N–H and O–H groups in total. The lowest BCUT2D eigenvalue weighted by atomic mass is 10.0. The van der Waals surface area contributed by atoms with Crippen LogP contribution in [0.3, 0.4) is 0 Å². The molecular weight excluding hydrogens is 292 g/mol. The van der Waals surface area contributed by atoms with Crippen molar-refractivity contribution in [1.29, 1.82) is 0 Å². The second-order valence-corrected chi connectivity index (χ2v) is 5.57. The molecule has 0 radical (unpaired) electrons. The maximum atomic E-state index is 5.46. The molecule has 122 valence electrons. The summed E-state index contributed by atoms with van der Waals surface area (Å²) in [5.74, 6) is 3.36. The van der Waals surface area contributed by atoms with Crippen LogP contribution in [0.2, 0.25) is 0 Å². The third kappa shape index (κ3) is 3.70. The first-order valence-electron chi connectivity index (χ1n) is 7.89. The number of aryl methyl sites for hydroxylation is 2. The molecule has 1 aliphatic heterocycles. The number of unbranched alkanes of at least 4 members (excludes halogenated alkanes) is 1. The minimum absolute atomic E-state index is 0.291. The predicted molar refractivity (Wildman–Crippen MR) is 88.8 cm³/mol. The summed E-state index contributed by atoms with van der Waals surface area (Å²) < 4.78 is 21.5. The molecule has 4 nitrogen and oxygen atoms in total. The Morgan fingerprint density at radius 1 is 0.870 bits per heavy atom. The van der Waals surface area contributed by atoms with E-state index >= 15 is 0 Å². The van der Waals surface area contributed by atoms with Crippen molar-refractivity contribution in [3.05, 3.63) is 47.5 Å².